The minimum atomic E-state index is -0.323. The maximum absolute atomic E-state index is 12.0. The van der Waals surface area contributed by atoms with Gasteiger partial charge < -0.3 is 15.0 Å². The van der Waals surface area contributed by atoms with Gasteiger partial charge in [0.1, 0.15) is 5.75 Å². The zero-order valence-electron chi connectivity index (χ0n) is 17.1. The topological polar surface area (TPSA) is 83.0 Å². The van der Waals surface area contributed by atoms with Crippen LogP contribution in [-0.2, 0) is 9.59 Å². The Hall–Kier alpha value is -3.35. The number of ether oxygens (including phenoxy) is 1. The first kappa shape index (κ1) is 21.9. The van der Waals surface area contributed by atoms with Crippen molar-refractivity contribution in [3.05, 3.63) is 54.1 Å². The van der Waals surface area contributed by atoms with E-state index in [4.69, 9.17) is 4.74 Å². The zero-order valence-corrected chi connectivity index (χ0v) is 17.1. The Morgan fingerprint density at radius 1 is 1.00 bits per heavy atom. The zero-order chi connectivity index (χ0) is 21.1. The Labute approximate surface area is 171 Å². The van der Waals surface area contributed by atoms with E-state index in [0.717, 1.165) is 24.3 Å². The predicted molar refractivity (Wildman–Crippen MR) is 117 cm³/mol. The minimum Gasteiger partial charge on any atom is -0.495 e. The van der Waals surface area contributed by atoms with Crippen LogP contribution in [0.3, 0.4) is 0 Å². The van der Waals surface area contributed by atoms with Crippen LogP contribution in [-0.4, -0.2) is 38.2 Å². The lowest BCUT2D eigenvalue weighted by molar-refractivity contribution is -0.124. The molecule has 0 saturated heterocycles. The lowest BCUT2D eigenvalue weighted by atomic mass is 10.2. The summed E-state index contributed by atoms with van der Waals surface area (Å²) < 4.78 is 5.18. The highest BCUT2D eigenvalue weighted by Gasteiger charge is 2.09. The second-order valence-electron chi connectivity index (χ2n) is 6.31. The van der Waals surface area contributed by atoms with E-state index >= 15 is 0 Å². The minimum absolute atomic E-state index is 0.0409. The number of carbonyl (C=O) groups is 2. The molecular weight excluding hydrogens is 368 g/mol. The highest BCUT2D eigenvalue weighted by Crippen LogP contribution is 2.23. The molecule has 0 aromatic heterocycles. The van der Waals surface area contributed by atoms with Gasteiger partial charge >= 0.3 is 0 Å². The van der Waals surface area contributed by atoms with Gasteiger partial charge in [-0.15, -0.1) is 0 Å². The van der Waals surface area contributed by atoms with Crippen LogP contribution in [0.1, 0.15) is 32.3 Å². The second-order valence-corrected chi connectivity index (χ2v) is 6.31. The molecule has 0 aliphatic heterocycles. The molecule has 0 spiro atoms. The van der Waals surface area contributed by atoms with Gasteiger partial charge in [-0.25, -0.2) is 5.43 Å². The van der Waals surface area contributed by atoms with Gasteiger partial charge in [-0.05, 0) is 43.7 Å². The summed E-state index contributed by atoms with van der Waals surface area (Å²) in [5.41, 5.74) is 5.06. The molecule has 2 aromatic carbocycles. The Morgan fingerprint density at radius 2 is 1.66 bits per heavy atom. The Bertz CT molecular complexity index is 830. The van der Waals surface area contributed by atoms with Gasteiger partial charge in [0.2, 0.25) is 11.8 Å². The van der Waals surface area contributed by atoms with Crippen LogP contribution in [0.25, 0.3) is 0 Å². The molecule has 0 heterocycles. The average Bonchev–Trinajstić information content (AvgIpc) is 2.74. The van der Waals surface area contributed by atoms with Gasteiger partial charge in [-0.3, -0.25) is 9.59 Å². The Balaban J connectivity index is 1.77. The van der Waals surface area contributed by atoms with E-state index < -0.39 is 0 Å². The van der Waals surface area contributed by atoms with Gasteiger partial charge in [-0.1, -0.05) is 24.3 Å². The number of carbonyl (C=O) groups excluding carboxylic acids is 2. The number of nitrogens with one attached hydrogen (secondary N) is 2. The summed E-state index contributed by atoms with van der Waals surface area (Å²) in [7, 11) is 1.54. The standard InChI is InChI=1S/C22H28N4O3/c1-4-26(5-2)18-12-10-17(11-13-18)16-23-25-22(28)15-14-21(27)24-19-8-6-7-9-20(19)29-3/h6-13,16H,4-5,14-15H2,1-3H3,(H,24,27)(H,25,28)/b23-16+. The second kappa shape index (κ2) is 11.5. The molecule has 2 rings (SSSR count). The van der Waals surface area contributed by atoms with Gasteiger partial charge in [0, 0.05) is 31.6 Å². The van der Waals surface area contributed by atoms with E-state index in [1.807, 2.05) is 30.3 Å². The highest BCUT2D eigenvalue weighted by molar-refractivity contribution is 5.94. The molecule has 154 valence electrons. The van der Waals surface area contributed by atoms with Crippen molar-refractivity contribution >= 4 is 29.4 Å². The molecule has 2 amide bonds. The molecule has 2 aromatic rings. The van der Waals surface area contributed by atoms with Crippen molar-refractivity contribution in [2.45, 2.75) is 26.7 Å². The van der Waals surface area contributed by atoms with Crippen LogP contribution in [0, 0.1) is 0 Å². The number of anilines is 2. The van der Waals surface area contributed by atoms with Crippen LogP contribution < -0.4 is 20.4 Å². The van der Waals surface area contributed by atoms with Crippen molar-refractivity contribution in [3.63, 3.8) is 0 Å². The fourth-order valence-electron chi connectivity index (χ4n) is 2.78. The molecule has 7 nitrogen and oxygen atoms in total. The van der Waals surface area contributed by atoms with E-state index in [2.05, 4.69) is 34.6 Å². The number of rotatable bonds is 10. The SMILES string of the molecule is CCN(CC)c1ccc(/C=N/NC(=O)CCC(=O)Nc2ccccc2OC)cc1. The van der Waals surface area contributed by atoms with E-state index in [1.54, 1.807) is 24.4 Å². The van der Waals surface area contributed by atoms with Crippen LogP contribution in [0.5, 0.6) is 5.75 Å². The largest absolute Gasteiger partial charge is 0.495 e. The number of hydrazone groups is 1. The number of para-hydroxylation sites is 2. The van der Waals surface area contributed by atoms with E-state index in [-0.39, 0.29) is 24.7 Å². The number of hydrogen-bond donors (Lipinski definition) is 2. The lowest BCUT2D eigenvalue weighted by Crippen LogP contribution is -2.21. The van der Waals surface area contributed by atoms with Crippen LogP contribution >= 0.6 is 0 Å². The van der Waals surface area contributed by atoms with Gasteiger partial charge in [-0.2, -0.15) is 5.10 Å². The number of hydrogen-bond acceptors (Lipinski definition) is 5. The van der Waals surface area contributed by atoms with Crippen molar-refractivity contribution in [3.8, 4) is 5.75 Å². The first-order valence-electron chi connectivity index (χ1n) is 9.67. The third-order valence-electron chi connectivity index (χ3n) is 4.38. The van der Waals surface area contributed by atoms with Gasteiger partial charge in [0.15, 0.2) is 0 Å². The summed E-state index contributed by atoms with van der Waals surface area (Å²) in [6.45, 7) is 6.13. The first-order chi connectivity index (χ1) is 14.1. The van der Waals surface area contributed by atoms with Crippen molar-refractivity contribution < 1.29 is 14.3 Å². The first-order valence-corrected chi connectivity index (χ1v) is 9.67. The van der Waals surface area contributed by atoms with Crippen molar-refractivity contribution in [1.29, 1.82) is 0 Å². The molecule has 0 saturated carbocycles. The van der Waals surface area contributed by atoms with Gasteiger partial charge in [0.05, 0.1) is 19.0 Å². The van der Waals surface area contributed by atoms with Crippen LogP contribution in [0.15, 0.2) is 53.6 Å². The Kier molecular flexibility index (Phi) is 8.69. The quantitative estimate of drug-likeness (QED) is 0.476. The lowest BCUT2D eigenvalue weighted by Gasteiger charge is -2.20. The molecule has 0 bridgehead atoms. The van der Waals surface area contributed by atoms with Crippen LogP contribution in [0.4, 0.5) is 11.4 Å². The smallest absolute Gasteiger partial charge is 0.240 e. The normalized spacial score (nSPS) is 10.6. The molecule has 0 atom stereocenters. The molecule has 7 heteroatoms. The molecule has 0 aliphatic rings. The van der Waals surface area contributed by atoms with Gasteiger partial charge in [0.25, 0.3) is 0 Å². The molecule has 2 N–H and O–H groups in total. The van der Waals surface area contributed by atoms with Crippen molar-refractivity contribution in [1.82, 2.24) is 5.43 Å². The van der Waals surface area contributed by atoms with Crippen molar-refractivity contribution in [2.75, 3.05) is 30.4 Å². The molecule has 0 unspecified atom stereocenters. The maximum Gasteiger partial charge on any atom is 0.240 e. The summed E-state index contributed by atoms with van der Waals surface area (Å²) >= 11 is 0. The number of benzene rings is 2. The predicted octanol–water partition coefficient (Wildman–Crippen LogP) is 3.41. The fraction of sp³-hybridized carbons (Fsp3) is 0.318. The molecular formula is C22H28N4O3. The summed E-state index contributed by atoms with van der Waals surface area (Å²) in [4.78, 5) is 26.2. The van der Waals surface area contributed by atoms with Crippen molar-refractivity contribution in [2.24, 2.45) is 5.10 Å². The summed E-state index contributed by atoms with van der Waals surface area (Å²) in [6.07, 6.45) is 1.68. The number of amides is 2. The molecule has 0 fully saturated rings. The number of nitrogens with zero attached hydrogens (tertiary/aromatic N) is 2. The maximum atomic E-state index is 12.0. The monoisotopic (exact) mass is 396 g/mol. The molecule has 0 aliphatic carbocycles. The Morgan fingerprint density at radius 3 is 2.31 bits per heavy atom. The third kappa shape index (κ3) is 6.95. The molecule has 29 heavy (non-hydrogen) atoms. The molecule has 0 radical (unpaired) electrons. The summed E-state index contributed by atoms with van der Waals surface area (Å²) in [5.74, 6) is -0.0151. The van der Waals surface area contributed by atoms with E-state index in [1.165, 1.54) is 7.11 Å². The average molecular weight is 396 g/mol. The van der Waals surface area contributed by atoms with Crippen LogP contribution in [0.2, 0.25) is 0 Å². The summed E-state index contributed by atoms with van der Waals surface area (Å²) in [6, 6.07) is 15.1. The highest BCUT2D eigenvalue weighted by atomic mass is 16.5. The van der Waals surface area contributed by atoms with E-state index in [0.29, 0.717) is 11.4 Å². The third-order valence-corrected chi connectivity index (χ3v) is 4.38. The fourth-order valence-corrected chi connectivity index (χ4v) is 2.78. The number of methoxy groups -OCH3 is 1. The van der Waals surface area contributed by atoms with E-state index in [9.17, 15) is 9.59 Å². The summed E-state index contributed by atoms with van der Waals surface area (Å²) in [5, 5.41) is 6.69.